The van der Waals surface area contributed by atoms with Gasteiger partial charge in [0.25, 0.3) is 0 Å². The van der Waals surface area contributed by atoms with Crippen molar-refractivity contribution in [2.45, 2.75) is 24.0 Å². The zero-order valence-electron chi connectivity index (χ0n) is 17.1. The molecular weight excluding hydrogens is 408 g/mol. The Morgan fingerprint density at radius 3 is 2.39 bits per heavy atom. The molecular formula is C25H20N2O3S. The molecule has 0 atom stereocenters. The summed E-state index contributed by atoms with van der Waals surface area (Å²) in [6, 6.07) is 23.7. The van der Waals surface area contributed by atoms with Gasteiger partial charge in [-0.05, 0) is 67.4 Å². The monoisotopic (exact) mass is 428 g/mol. The molecule has 0 saturated carbocycles. The summed E-state index contributed by atoms with van der Waals surface area (Å²) >= 11 is 0. The van der Waals surface area contributed by atoms with Crippen LogP contribution >= 0.6 is 0 Å². The van der Waals surface area contributed by atoms with Crippen LogP contribution in [0.5, 0.6) is 11.5 Å². The minimum Gasteiger partial charge on any atom is -0.457 e. The number of hydrogen-bond acceptors (Lipinski definition) is 5. The van der Waals surface area contributed by atoms with Gasteiger partial charge in [0.1, 0.15) is 17.6 Å². The number of nitrogens with zero attached hydrogens (tertiary/aromatic N) is 2. The lowest BCUT2D eigenvalue weighted by molar-refractivity contribution is 0.481. The van der Waals surface area contributed by atoms with E-state index in [0.29, 0.717) is 22.6 Å². The number of benzene rings is 3. The largest absolute Gasteiger partial charge is 0.457 e. The second kappa shape index (κ2) is 8.21. The van der Waals surface area contributed by atoms with Crippen LogP contribution in [0.3, 0.4) is 0 Å². The predicted octanol–water partition coefficient (Wildman–Crippen LogP) is 5.75. The summed E-state index contributed by atoms with van der Waals surface area (Å²) in [4.78, 5) is 4.60. The fourth-order valence-corrected chi connectivity index (χ4v) is 4.46. The van der Waals surface area contributed by atoms with Crippen molar-refractivity contribution in [3.63, 3.8) is 0 Å². The van der Waals surface area contributed by atoms with Crippen LogP contribution in [-0.2, 0) is 9.84 Å². The highest BCUT2D eigenvalue weighted by molar-refractivity contribution is 7.92. The minimum absolute atomic E-state index is 0.236. The molecule has 4 rings (SSSR count). The second-order valence-corrected chi connectivity index (χ2v) is 9.87. The molecule has 1 heterocycles. The number of ether oxygens (including phenoxy) is 1. The van der Waals surface area contributed by atoms with Gasteiger partial charge in [0.2, 0.25) is 0 Å². The van der Waals surface area contributed by atoms with Gasteiger partial charge in [-0.3, -0.25) is 4.98 Å². The molecule has 1 aromatic heterocycles. The fourth-order valence-electron chi connectivity index (χ4n) is 3.37. The average Bonchev–Trinajstić information content (AvgIpc) is 2.78. The zero-order valence-corrected chi connectivity index (χ0v) is 17.9. The Morgan fingerprint density at radius 2 is 1.65 bits per heavy atom. The molecule has 0 radical (unpaired) electrons. The molecule has 154 valence electrons. The first kappa shape index (κ1) is 20.6. The number of sulfone groups is 1. The summed E-state index contributed by atoms with van der Waals surface area (Å²) in [6.07, 6.45) is 1.69. The van der Waals surface area contributed by atoms with E-state index in [9.17, 15) is 13.7 Å². The van der Waals surface area contributed by atoms with Crippen LogP contribution in [0.4, 0.5) is 0 Å². The molecule has 4 aromatic rings. The van der Waals surface area contributed by atoms with Crippen LogP contribution in [0.2, 0.25) is 0 Å². The van der Waals surface area contributed by atoms with Gasteiger partial charge in [-0.2, -0.15) is 5.26 Å². The first-order valence-electron chi connectivity index (χ1n) is 9.80. The molecule has 3 aromatic carbocycles. The normalized spacial score (nSPS) is 11.4. The van der Waals surface area contributed by atoms with Gasteiger partial charge in [0.15, 0.2) is 9.84 Å². The van der Waals surface area contributed by atoms with Gasteiger partial charge in [0, 0.05) is 11.6 Å². The van der Waals surface area contributed by atoms with Crippen LogP contribution in [0.25, 0.3) is 22.0 Å². The highest BCUT2D eigenvalue weighted by Crippen LogP contribution is 2.33. The lowest BCUT2D eigenvalue weighted by atomic mass is 9.99. The molecule has 0 saturated heterocycles. The number of pyridine rings is 1. The third-order valence-corrected chi connectivity index (χ3v) is 7.18. The van der Waals surface area contributed by atoms with E-state index in [1.165, 1.54) is 0 Å². The SMILES string of the molecule is CC(C)S(=O)(=O)c1cccc(Oc2cccc(-c3ccnc4c(C#N)cccc34)c2)c1. The summed E-state index contributed by atoms with van der Waals surface area (Å²) in [5, 5.41) is 9.73. The number of aromatic nitrogens is 1. The van der Waals surface area contributed by atoms with Crippen molar-refractivity contribution in [2.24, 2.45) is 0 Å². The molecule has 0 aliphatic heterocycles. The van der Waals surface area contributed by atoms with Crippen LogP contribution in [-0.4, -0.2) is 18.7 Å². The highest BCUT2D eigenvalue weighted by atomic mass is 32.2. The third kappa shape index (κ3) is 4.00. The number of rotatable bonds is 5. The van der Waals surface area contributed by atoms with Crippen molar-refractivity contribution in [1.29, 1.82) is 5.26 Å². The van der Waals surface area contributed by atoms with Crippen molar-refractivity contribution in [1.82, 2.24) is 4.98 Å². The smallest absolute Gasteiger partial charge is 0.180 e. The van der Waals surface area contributed by atoms with Gasteiger partial charge in [-0.15, -0.1) is 0 Å². The van der Waals surface area contributed by atoms with Crippen molar-refractivity contribution in [3.8, 4) is 28.7 Å². The van der Waals surface area contributed by atoms with Crippen molar-refractivity contribution in [3.05, 3.63) is 84.6 Å². The zero-order chi connectivity index (χ0) is 22.0. The Hall–Kier alpha value is -3.69. The molecule has 5 nitrogen and oxygen atoms in total. The molecule has 0 amide bonds. The van der Waals surface area contributed by atoms with E-state index >= 15 is 0 Å². The third-order valence-electron chi connectivity index (χ3n) is 5.03. The summed E-state index contributed by atoms with van der Waals surface area (Å²) in [5.41, 5.74) is 3.02. The Balaban J connectivity index is 1.72. The number of para-hydroxylation sites is 1. The number of fused-ring (bicyclic) bond motifs is 1. The first-order valence-corrected chi connectivity index (χ1v) is 11.3. The van der Waals surface area contributed by atoms with Crippen LogP contribution in [0.15, 0.2) is 83.9 Å². The van der Waals surface area contributed by atoms with E-state index in [0.717, 1.165) is 16.5 Å². The molecule has 0 spiro atoms. The van der Waals surface area contributed by atoms with E-state index in [4.69, 9.17) is 4.74 Å². The van der Waals surface area contributed by atoms with E-state index in [2.05, 4.69) is 11.1 Å². The van der Waals surface area contributed by atoms with E-state index in [1.807, 2.05) is 42.5 Å². The Kier molecular flexibility index (Phi) is 5.45. The Morgan fingerprint density at radius 1 is 0.935 bits per heavy atom. The van der Waals surface area contributed by atoms with Gasteiger partial charge in [0.05, 0.1) is 21.2 Å². The maximum absolute atomic E-state index is 12.5. The van der Waals surface area contributed by atoms with Crippen molar-refractivity contribution < 1.29 is 13.2 Å². The van der Waals surface area contributed by atoms with Crippen LogP contribution < -0.4 is 4.74 Å². The summed E-state index contributed by atoms with van der Waals surface area (Å²) in [5.74, 6) is 1.03. The predicted molar refractivity (Wildman–Crippen MR) is 121 cm³/mol. The lowest BCUT2D eigenvalue weighted by Gasteiger charge is -2.12. The molecule has 0 unspecified atom stereocenters. The standard InChI is InChI=1S/C25H20N2O3S/c1-17(2)31(28,29)22-10-5-9-21(15-22)30-20-8-3-6-18(14-20)23-12-13-27-25-19(16-26)7-4-11-24(23)25/h3-15,17H,1-2H3. The summed E-state index contributed by atoms with van der Waals surface area (Å²) < 4.78 is 30.9. The summed E-state index contributed by atoms with van der Waals surface area (Å²) in [6.45, 7) is 3.31. The number of hydrogen-bond donors (Lipinski definition) is 0. The molecule has 0 N–H and O–H groups in total. The van der Waals surface area contributed by atoms with Crippen LogP contribution in [0.1, 0.15) is 19.4 Å². The van der Waals surface area contributed by atoms with Crippen molar-refractivity contribution in [2.75, 3.05) is 0 Å². The Labute approximate surface area is 181 Å². The van der Waals surface area contributed by atoms with Crippen molar-refractivity contribution >= 4 is 20.7 Å². The van der Waals surface area contributed by atoms with Gasteiger partial charge < -0.3 is 4.74 Å². The van der Waals surface area contributed by atoms with Gasteiger partial charge in [-0.1, -0.05) is 30.3 Å². The lowest BCUT2D eigenvalue weighted by Crippen LogP contribution is -2.13. The first-order chi connectivity index (χ1) is 14.9. The topological polar surface area (TPSA) is 80.1 Å². The van der Waals surface area contributed by atoms with E-state index < -0.39 is 15.1 Å². The molecule has 0 fully saturated rings. The quantitative estimate of drug-likeness (QED) is 0.404. The fraction of sp³-hybridized carbons (Fsp3) is 0.120. The van der Waals surface area contributed by atoms with Gasteiger partial charge in [-0.25, -0.2) is 8.42 Å². The number of nitriles is 1. The second-order valence-electron chi connectivity index (χ2n) is 7.37. The Bertz CT molecular complexity index is 1420. The van der Waals surface area contributed by atoms with Crippen LogP contribution in [0, 0.1) is 11.3 Å². The molecule has 6 heteroatoms. The van der Waals surface area contributed by atoms with Gasteiger partial charge >= 0.3 is 0 Å². The molecule has 31 heavy (non-hydrogen) atoms. The van der Waals surface area contributed by atoms with E-state index in [-0.39, 0.29) is 4.90 Å². The molecule has 0 bridgehead atoms. The summed E-state index contributed by atoms with van der Waals surface area (Å²) in [7, 11) is -3.39. The maximum Gasteiger partial charge on any atom is 0.180 e. The molecule has 0 aliphatic carbocycles. The average molecular weight is 429 g/mol. The molecule has 0 aliphatic rings. The highest BCUT2D eigenvalue weighted by Gasteiger charge is 2.19. The van der Waals surface area contributed by atoms with E-state index in [1.54, 1.807) is 50.4 Å². The minimum atomic E-state index is -3.39. The maximum atomic E-state index is 12.5.